The molecule has 0 bridgehead atoms. The average molecular weight is 413 g/mol. The van der Waals surface area contributed by atoms with Gasteiger partial charge in [-0.1, -0.05) is 13.0 Å². The Labute approximate surface area is 173 Å². The second-order valence-corrected chi connectivity index (χ2v) is 7.86. The fraction of sp³-hybridized carbons (Fsp3) is 0.381. The quantitative estimate of drug-likeness (QED) is 0.557. The molecule has 0 atom stereocenters. The van der Waals surface area contributed by atoms with Gasteiger partial charge in [-0.3, -0.25) is 4.79 Å². The Morgan fingerprint density at radius 1 is 1.24 bits per heavy atom. The van der Waals surface area contributed by atoms with E-state index < -0.39 is 0 Å². The maximum absolute atomic E-state index is 11.4. The smallest absolute Gasteiger partial charge is 0.305 e. The lowest BCUT2D eigenvalue weighted by Gasteiger charge is -2.09. The minimum absolute atomic E-state index is 0.211. The maximum atomic E-state index is 11.4. The van der Waals surface area contributed by atoms with Crippen LogP contribution in [0.2, 0.25) is 0 Å². The molecule has 0 fully saturated rings. The number of benzene rings is 1. The van der Waals surface area contributed by atoms with Crippen molar-refractivity contribution >= 4 is 33.3 Å². The normalized spacial score (nSPS) is 12.3. The molecule has 3 heterocycles. The van der Waals surface area contributed by atoms with Crippen molar-refractivity contribution in [3.05, 3.63) is 40.5 Å². The third kappa shape index (κ3) is 4.42. The predicted octanol–water partition coefficient (Wildman–Crippen LogP) is 4.09. The summed E-state index contributed by atoms with van der Waals surface area (Å²) in [6, 6.07) is 8.07. The Bertz CT molecular complexity index is 1030. The summed E-state index contributed by atoms with van der Waals surface area (Å²) >= 11 is 1.69. The van der Waals surface area contributed by atoms with Crippen molar-refractivity contribution in [2.75, 3.05) is 19.2 Å². The molecule has 29 heavy (non-hydrogen) atoms. The number of rotatable bonds is 8. The van der Waals surface area contributed by atoms with Crippen LogP contribution < -0.4 is 14.8 Å². The van der Waals surface area contributed by atoms with Crippen molar-refractivity contribution < 1.29 is 19.0 Å². The summed E-state index contributed by atoms with van der Waals surface area (Å²) in [6.45, 7) is 3.01. The zero-order chi connectivity index (χ0) is 20.2. The van der Waals surface area contributed by atoms with Gasteiger partial charge in [0.1, 0.15) is 16.5 Å². The van der Waals surface area contributed by atoms with E-state index in [2.05, 4.69) is 18.3 Å². The highest BCUT2D eigenvalue weighted by Crippen LogP contribution is 2.33. The number of hydrogen-bond acceptors (Lipinski definition) is 8. The number of nitrogens with zero attached hydrogens (tertiary/aromatic N) is 2. The lowest BCUT2D eigenvalue weighted by atomic mass is 10.2. The summed E-state index contributed by atoms with van der Waals surface area (Å²) in [4.78, 5) is 23.1. The van der Waals surface area contributed by atoms with E-state index in [0.29, 0.717) is 25.8 Å². The first-order valence-corrected chi connectivity index (χ1v) is 10.5. The molecule has 0 saturated carbocycles. The summed E-state index contributed by atoms with van der Waals surface area (Å²) in [6.07, 6.45) is 2.61. The molecule has 0 saturated heterocycles. The van der Waals surface area contributed by atoms with Gasteiger partial charge in [0.05, 0.1) is 12.5 Å². The first kappa shape index (κ1) is 19.4. The van der Waals surface area contributed by atoms with Crippen LogP contribution in [0.25, 0.3) is 10.2 Å². The number of carbonyl (C=O) groups is 1. The summed E-state index contributed by atoms with van der Waals surface area (Å²) in [5.41, 5.74) is 1.08. The average Bonchev–Trinajstić information content (AvgIpc) is 3.37. The number of thiophene rings is 1. The van der Waals surface area contributed by atoms with Gasteiger partial charge < -0.3 is 19.5 Å². The predicted molar refractivity (Wildman–Crippen MR) is 112 cm³/mol. The minimum Gasteiger partial charge on any atom is -0.469 e. The Hall–Kier alpha value is -2.87. The Morgan fingerprint density at radius 2 is 2.10 bits per heavy atom. The van der Waals surface area contributed by atoms with Crippen LogP contribution in [0.3, 0.4) is 0 Å². The Morgan fingerprint density at radius 3 is 2.93 bits per heavy atom. The molecule has 8 heteroatoms. The molecule has 0 amide bonds. The van der Waals surface area contributed by atoms with Crippen LogP contribution in [0.5, 0.6) is 11.5 Å². The van der Waals surface area contributed by atoms with Crippen LogP contribution in [0.1, 0.15) is 36.0 Å². The molecule has 3 aromatic rings. The largest absolute Gasteiger partial charge is 0.469 e. The zero-order valence-electron chi connectivity index (χ0n) is 16.5. The molecule has 1 N–H and O–H groups in total. The second kappa shape index (κ2) is 8.65. The van der Waals surface area contributed by atoms with Crippen molar-refractivity contribution in [2.45, 2.75) is 39.2 Å². The van der Waals surface area contributed by atoms with Gasteiger partial charge >= 0.3 is 5.97 Å². The van der Waals surface area contributed by atoms with Gasteiger partial charge in [0, 0.05) is 24.3 Å². The number of anilines is 1. The van der Waals surface area contributed by atoms with Crippen molar-refractivity contribution in [1.29, 1.82) is 0 Å². The van der Waals surface area contributed by atoms with Gasteiger partial charge in [0.15, 0.2) is 11.5 Å². The molecule has 0 spiro atoms. The number of aryl methyl sites for hydroxylation is 2. The van der Waals surface area contributed by atoms with E-state index in [4.69, 9.17) is 24.2 Å². The van der Waals surface area contributed by atoms with E-state index in [9.17, 15) is 4.79 Å². The van der Waals surface area contributed by atoms with Crippen molar-refractivity contribution in [3.8, 4) is 11.5 Å². The zero-order valence-corrected chi connectivity index (χ0v) is 17.3. The van der Waals surface area contributed by atoms with Gasteiger partial charge in [-0.25, -0.2) is 9.97 Å². The maximum Gasteiger partial charge on any atom is 0.305 e. The van der Waals surface area contributed by atoms with E-state index in [1.807, 2.05) is 18.2 Å². The van der Waals surface area contributed by atoms with E-state index in [-0.39, 0.29) is 12.8 Å². The summed E-state index contributed by atoms with van der Waals surface area (Å²) in [7, 11) is 1.40. The Balaban J connectivity index is 1.54. The number of methoxy groups -OCH3 is 1. The lowest BCUT2D eigenvalue weighted by molar-refractivity contribution is -0.140. The van der Waals surface area contributed by atoms with Crippen LogP contribution >= 0.6 is 11.3 Å². The molecular weight excluding hydrogens is 390 g/mol. The standard InChI is InChI=1S/C21H23N3O4S/c1-3-14-10-15-20(22-11-13-7-8-16-17(9-13)28-12-27-16)23-18(24-21(15)29-14)5-4-6-19(25)26-2/h7-10H,3-6,11-12H2,1-2H3,(H,22,23,24). The monoisotopic (exact) mass is 413 g/mol. The van der Waals surface area contributed by atoms with Crippen molar-refractivity contribution in [3.63, 3.8) is 0 Å². The lowest BCUT2D eigenvalue weighted by Crippen LogP contribution is -2.06. The molecule has 7 nitrogen and oxygen atoms in total. The van der Waals surface area contributed by atoms with Gasteiger partial charge in [0.2, 0.25) is 6.79 Å². The number of nitrogens with one attached hydrogen (secondary N) is 1. The molecule has 0 radical (unpaired) electrons. The third-order valence-corrected chi connectivity index (χ3v) is 5.92. The van der Waals surface area contributed by atoms with Gasteiger partial charge in [-0.15, -0.1) is 11.3 Å². The topological polar surface area (TPSA) is 82.6 Å². The molecule has 4 rings (SSSR count). The second-order valence-electron chi connectivity index (χ2n) is 6.74. The number of fused-ring (bicyclic) bond motifs is 2. The van der Waals surface area contributed by atoms with Crippen LogP contribution in [-0.4, -0.2) is 29.8 Å². The SMILES string of the molecule is CCc1cc2c(NCc3ccc4c(c3)OCO4)nc(CCCC(=O)OC)nc2s1. The van der Waals surface area contributed by atoms with Gasteiger partial charge in [0.25, 0.3) is 0 Å². The van der Waals surface area contributed by atoms with E-state index in [0.717, 1.165) is 45.3 Å². The highest BCUT2D eigenvalue weighted by atomic mass is 32.1. The number of ether oxygens (including phenoxy) is 3. The molecule has 1 aliphatic heterocycles. The fourth-order valence-electron chi connectivity index (χ4n) is 3.17. The minimum atomic E-state index is -0.211. The summed E-state index contributed by atoms with van der Waals surface area (Å²) in [5.74, 6) is 2.88. The number of carbonyl (C=O) groups excluding carboxylic acids is 1. The first-order valence-electron chi connectivity index (χ1n) is 9.65. The van der Waals surface area contributed by atoms with Crippen molar-refractivity contribution in [2.24, 2.45) is 0 Å². The van der Waals surface area contributed by atoms with Gasteiger partial charge in [-0.05, 0) is 36.6 Å². The Kier molecular flexibility index (Phi) is 5.80. The number of esters is 1. The van der Waals surface area contributed by atoms with E-state index in [1.165, 1.54) is 12.0 Å². The molecule has 0 aliphatic carbocycles. The van der Waals surface area contributed by atoms with E-state index >= 15 is 0 Å². The molecule has 1 aromatic carbocycles. The first-order chi connectivity index (χ1) is 14.2. The fourth-order valence-corrected chi connectivity index (χ4v) is 4.15. The van der Waals surface area contributed by atoms with Crippen LogP contribution in [0.4, 0.5) is 5.82 Å². The summed E-state index contributed by atoms with van der Waals surface area (Å²) < 4.78 is 15.5. The molecular formula is C21H23N3O4S. The number of hydrogen-bond donors (Lipinski definition) is 1. The summed E-state index contributed by atoms with van der Waals surface area (Å²) in [5, 5.41) is 4.48. The molecule has 152 valence electrons. The molecule has 1 aliphatic rings. The van der Waals surface area contributed by atoms with Crippen LogP contribution in [0, 0.1) is 0 Å². The molecule has 0 unspecified atom stereocenters. The third-order valence-electron chi connectivity index (χ3n) is 4.74. The van der Waals surface area contributed by atoms with Crippen LogP contribution in [-0.2, 0) is 28.9 Å². The highest BCUT2D eigenvalue weighted by Gasteiger charge is 2.15. The number of aromatic nitrogens is 2. The van der Waals surface area contributed by atoms with Crippen molar-refractivity contribution in [1.82, 2.24) is 9.97 Å². The van der Waals surface area contributed by atoms with Crippen LogP contribution in [0.15, 0.2) is 24.3 Å². The highest BCUT2D eigenvalue weighted by molar-refractivity contribution is 7.18. The molecule has 2 aromatic heterocycles. The van der Waals surface area contributed by atoms with Gasteiger partial charge in [-0.2, -0.15) is 0 Å². The van der Waals surface area contributed by atoms with E-state index in [1.54, 1.807) is 11.3 Å².